The summed E-state index contributed by atoms with van der Waals surface area (Å²) in [5.74, 6) is -2.90. The number of carbonyl (C=O) groups is 1. The Hall–Kier alpha value is -2.74. The quantitative estimate of drug-likeness (QED) is 0.686. The number of hydrogen-bond acceptors (Lipinski definition) is 5. The lowest BCUT2D eigenvalue weighted by molar-refractivity contribution is -0.385. The highest BCUT2D eigenvalue weighted by atomic mass is 35.5. The van der Waals surface area contributed by atoms with E-state index in [2.05, 4.69) is 4.98 Å². The molecule has 0 saturated heterocycles. The van der Waals surface area contributed by atoms with E-state index < -0.39 is 27.4 Å². The van der Waals surface area contributed by atoms with Gasteiger partial charge in [0.15, 0.2) is 5.75 Å². The van der Waals surface area contributed by atoms with Crippen molar-refractivity contribution in [3.8, 4) is 11.5 Å². The van der Waals surface area contributed by atoms with Crippen molar-refractivity contribution >= 4 is 23.3 Å². The van der Waals surface area contributed by atoms with Gasteiger partial charge in [-0.1, -0.05) is 11.6 Å². The van der Waals surface area contributed by atoms with Crippen LogP contribution >= 0.6 is 11.6 Å². The van der Waals surface area contributed by atoms with Crippen molar-refractivity contribution in [1.82, 2.24) is 4.98 Å². The highest BCUT2D eigenvalue weighted by Gasteiger charge is 2.22. The Morgan fingerprint density at radius 3 is 2.76 bits per heavy atom. The number of nitro groups is 1. The first kappa shape index (κ1) is 14.7. The summed E-state index contributed by atoms with van der Waals surface area (Å²) in [5, 5.41) is 19.5. The fraction of sp³-hybridized carbons (Fsp3) is 0. The Labute approximate surface area is 121 Å². The number of carboxylic acid groups (broad SMARTS) is 1. The highest BCUT2D eigenvalue weighted by Crippen LogP contribution is 2.36. The highest BCUT2D eigenvalue weighted by molar-refractivity contribution is 6.31. The zero-order valence-corrected chi connectivity index (χ0v) is 10.9. The van der Waals surface area contributed by atoms with Crippen LogP contribution in [0, 0.1) is 15.9 Å². The fourth-order valence-corrected chi connectivity index (χ4v) is 1.65. The minimum atomic E-state index is -1.30. The number of carboxylic acids is 1. The van der Waals surface area contributed by atoms with Gasteiger partial charge in [0, 0.05) is 12.3 Å². The molecule has 0 saturated carbocycles. The van der Waals surface area contributed by atoms with Crippen LogP contribution in [0.1, 0.15) is 10.4 Å². The molecular formula is C12H6ClFN2O5. The molecule has 1 N–H and O–H groups in total. The zero-order valence-electron chi connectivity index (χ0n) is 10.1. The van der Waals surface area contributed by atoms with E-state index in [9.17, 15) is 19.3 Å². The third kappa shape index (κ3) is 3.06. The summed E-state index contributed by atoms with van der Waals surface area (Å²) in [4.78, 5) is 24.7. The van der Waals surface area contributed by atoms with Crippen LogP contribution in [0.3, 0.4) is 0 Å². The molecule has 0 aliphatic carbocycles. The third-order valence-electron chi connectivity index (χ3n) is 2.43. The summed E-state index contributed by atoms with van der Waals surface area (Å²) in [7, 11) is 0. The number of nitro benzene ring substituents is 1. The first-order valence-corrected chi connectivity index (χ1v) is 5.76. The number of benzene rings is 1. The molecule has 0 unspecified atom stereocenters. The normalized spacial score (nSPS) is 10.2. The molecular weight excluding hydrogens is 307 g/mol. The summed E-state index contributed by atoms with van der Waals surface area (Å²) >= 11 is 5.55. The van der Waals surface area contributed by atoms with Crippen molar-refractivity contribution in [2.75, 3.05) is 0 Å². The minimum Gasteiger partial charge on any atom is -0.478 e. The Morgan fingerprint density at radius 2 is 2.14 bits per heavy atom. The van der Waals surface area contributed by atoms with Crippen molar-refractivity contribution < 1.29 is 24.0 Å². The maximum atomic E-state index is 13.3. The molecule has 9 heteroatoms. The molecule has 1 heterocycles. The van der Waals surface area contributed by atoms with Gasteiger partial charge in [-0.3, -0.25) is 15.1 Å². The molecule has 1 aromatic heterocycles. The van der Waals surface area contributed by atoms with Gasteiger partial charge in [0.1, 0.15) is 11.4 Å². The summed E-state index contributed by atoms with van der Waals surface area (Å²) in [6, 6.07) is 2.65. The molecule has 0 atom stereocenters. The number of halogens is 2. The van der Waals surface area contributed by atoms with E-state index in [0.29, 0.717) is 6.07 Å². The number of ether oxygens (including phenoxy) is 1. The minimum absolute atomic E-state index is 0.226. The predicted molar refractivity (Wildman–Crippen MR) is 69.3 cm³/mol. The van der Waals surface area contributed by atoms with Crippen molar-refractivity contribution in [2.24, 2.45) is 0 Å². The van der Waals surface area contributed by atoms with E-state index in [1.165, 1.54) is 6.20 Å². The monoisotopic (exact) mass is 312 g/mol. The van der Waals surface area contributed by atoms with Crippen molar-refractivity contribution in [3.05, 3.63) is 57.1 Å². The van der Waals surface area contributed by atoms with Gasteiger partial charge in [0.05, 0.1) is 22.2 Å². The number of pyridine rings is 1. The smallest absolute Gasteiger partial charge is 0.339 e. The van der Waals surface area contributed by atoms with E-state index in [0.717, 1.165) is 18.3 Å². The number of nitrogens with zero attached hydrogens (tertiary/aromatic N) is 2. The van der Waals surface area contributed by atoms with Crippen LogP contribution in [-0.4, -0.2) is 21.0 Å². The molecule has 0 aliphatic heterocycles. The fourth-order valence-electron chi connectivity index (χ4n) is 1.50. The third-order valence-corrected chi connectivity index (χ3v) is 2.72. The Morgan fingerprint density at radius 1 is 1.43 bits per heavy atom. The average Bonchev–Trinajstić information content (AvgIpc) is 2.42. The van der Waals surface area contributed by atoms with Crippen LogP contribution in [-0.2, 0) is 0 Å². The molecule has 21 heavy (non-hydrogen) atoms. The van der Waals surface area contributed by atoms with E-state index >= 15 is 0 Å². The number of rotatable bonds is 4. The maximum absolute atomic E-state index is 13.3. The van der Waals surface area contributed by atoms with Crippen molar-refractivity contribution in [3.63, 3.8) is 0 Å². The van der Waals surface area contributed by atoms with Crippen LogP contribution in [0.15, 0.2) is 30.6 Å². The standard InChI is InChI=1S/C12H6ClFN2O5/c13-7-3-10(9(16(19)20)4-8(7)14)21-11-5-15-2-1-6(11)12(17)18/h1-5H,(H,17,18). The molecule has 0 aliphatic rings. The van der Waals surface area contributed by atoms with E-state index in [1.54, 1.807) is 0 Å². The van der Waals surface area contributed by atoms with Gasteiger partial charge in [-0.2, -0.15) is 0 Å². The van der Waals surface area contributed by atoms with Crippen LogP contribution in [0.25, 0.3) is 0 Å². The van der Waals surface area contributed by atoms with Crippen molar-refractivity contribution in [2.45, 2.75) is 0 Å². The van der Waals surface area contributed by atoms with Gasteiger partial charge in [-0.05, 0) is 6.07 Å². The zero-order chi connectivity index (χ0) is 15.6. The number of aromatic carboxylic acids is 1. The second kappa shape index (κ2) is 5.71. The second-order valence-electron chi connectivity index (χ2n) is 3.77. The summed E-state index contributed by atoms with van der Waals surface area (Å²) in [6.07, 6.45) is 2.30. The van der Waals surface area contributed by atoms with Gasteiger partial charge in [0.2, 0.25) is 5.75 Å². The maximum Gasteiger partial charge on any atom is 0.339 e. The SMILES string of the molecule is O=C(O)c1ccncc1Oc1cc(Cl)c(F)cc1[N+](=O)[O-]. The Kier molecular flexibility index (Phi) is 3.99. The van der Waals surface area contributed by atoms with Crippen LogP contribution in [0.5, 0.6) is 11.5 Å². The van der Waals surface area contributed by atoms with Gasteiger partial charge in [-0.25, -0.2) is 9.18 Å². The largest absolute Gasteiger partial charge is 0.478 e. The summed E-state index contributed by atoms with van der Waals surface area (Å²) < 4.78 is 18.4. The Bertz CT molecular complexity index is 738. The van der Waals surface area contributed by atoms with Gasteiger partial charge < -0.3 is 9.84 Å². The first-order valence-electron chi connectivity index (χ1n) is 5.38. The lowest BCUT2D eigenvalue weighted by Crippen LogP contribution is -2.02. The van der Waals surface area contributed by atoms with Gasteiger partial charge >= 0.3 is 11.7 Å². The molecule has 0 spiro atoms. The number of hydrogen-bond donors (Lipinski definition) is 1. The molecule has 0 radical (unpaired) electrons. The second-order valence-corrected chi connectivity index (χ2v) is 4.18. The predicted octanol–water partition coefficient (Wildman–Crippen LogP) is 3.27. The van der Waals surface area contributed by atoms with Crippen LogP contribution in [0.4, 0.5) is 10.1 Å². The van der Waals surface area contributed by atoms with Crippen molar-refractivity contribution in [1.29, 1.82) is 0 Å². The van der Waals surface area contributed by atoms with E-state index in [1.807, 2.05) is 0 Å². The number of aromatic nitrogens is 1. The lowest BCUT2D eigenvalue weighted by Gasteiger charge is -2.09. The molecule has 108 valence electrons. The molecule has 0 fully saturated rings. The van der Waals surface area contributed by atoms with E-state index in [-0.39, 0.29) is 17.1 Å². The molecule has 2 rings (SSSR count). The molecule has 0 amide bonds. The van der Waals surface area contributed by atoms with Gasteiger partial charge in [-0.15, -0.1) is 0 Å². The molecule has 2 aromatic rings. The molecule has 1 aromatic carbocycles. The lowest BCUT2D eigenvalue weighted by atomic mass is 10.2. The van der Waals surface area contributed by atoms with Gasteiger partial charge in [0.25, 0.3) is 0 Å². The Balaban J connectivity index is 2.52. The summed E-state index contributed by atoms with van der Waals surface area (Å²) in [6.45, 7) is 0. The topological polar surface area (TPSA) is 103 Å². The van der Waals surface area contributed by atoms with Crippen LogP contribution < -0.4 is 4.74 Å². The molecule has 7 nitrogen and oxygen atoms in total. The van der Waals surface area contributed by atoms with E-state index in [4.69, 9.17) is 21.4 Å². The average molecular weight is 313 g/mol. The first-order chi connectivity index (χ1) is 9.90. The van der Waals surface area contributed by atoms with Crippen LogP contribution in [0.2, 0.25) is 5.02 Å². The molecule has 0 bridgehead atoms. The summed E-state index contributed by atoms with van der Waals surface area (Å²) in [5.41, 5.74) is -0.933.